The van der Waals surface area contributed by atoms with Crippen LogP contribution in [0.2, 0.25) is 0 Å². The van der Waals surface area contributed by atoms with E-state index in [1.54, 1.807) is 8.61 Å². The van der Waals surface area contributed by atoms with Crippen LogP contribution in [-0.2, 0) is 10.2 Å². The van der Waals surface area contributed by atoms with E-state index in [1.165, 1.54) is 6.42 Å². The molecule has 0 radical (unpaired) electrons. The highest BCUT2D eigenvalue weighted by atomic mass is 32.2. The summed E-state index contributed by atoms with van der Waals surface area (Å²) in [6, 6.07) is 0. The molecule has 0 amide bonds. The zero-order valence-corrected chi connectivity index (χ0v) is 10.9. The largest absolute Gasteiger partial charge is 0.281 e. The monoisotopic (exact) mass is 246 g/mol. The highest BCUT2D eigenvalue weighted by molar-refractivity contribution is 7.86. The Morgan fingerprint density at radius 1 is 0.875 bits per heavy atom. The highest BCUT2D eigenvalue weighted by Crippen LogP contribution is 2.22. The lowest BCUT2D eigenvalue weighted by molar-refractivity contribution is 0.253. The molecule has 0 bridgehead atoms. The number of hydrogen-bond donors (Lipinski definition) is 0. The summed E-state index contributed by atoms with van der Waals surface area (Å²) in [5, 5.41) is 0. The molecule has 16 heavy (non-hydrogen) atoms. The van der Waals surface area contributed by atoms with Crippen LogP contribution in [-0.4, -0.2) is 43.2 Å². The maximum absolute atomic E-state index is 12.3. The fourth-order valence-corrected chi connectivity index (χ4v) is 4.19. The third kappa shape index (κ3) is 2.57. The maximum Gasteiger partial charge on any atom is 0.281 e. The average Bonchev–Trinajstić information content (AvgIpc) is 2.31. The molecular weight excluding hydrogens is 224 g/mol. The van der Waals surface area contributed by atoms with Crippen LogP contribution < -0.4 is 0 Å². The van der Waals surface area contributed by atoms with Gasteiger partial charge in [-0.3, -0.25) is 0 Å². The Kier molecular flexibility index (Phi) is 3.87. The van der Waals surface area contributed by atoms with Crippen molar-refractivity contribution in [1.29, 1.82) is 0 Å². The van der Waals surface area contributed by atoms with Crippen molar-refractivity contribution < 1.29 is 8.42 Å². The van der Waals surface area contributed by atoms with E-state index < -0.39 is 10.2 Å². The van der Waals surface area contributed by atoms with E-state index in [-0.39, 0.29) is 0 Å². The quantitative estimate of drug-likeness (QED) is 0.740. The molecule has 0 aromatic rings. The van der Waals surface area contributed by atoms with E-state index >= 15 is 0 Å². The molecule has 2 rings (SSSR count). The van der Waals surface area contributed by atoms with Crippen molar-refractivity contribution in [1.82, 2.24) is 8.61 Å². The van der Waals surface area contributed by atoms with Gasteiger partial charge in [-0.25, -0.2) is 0 Å². The molecule has 2 aliphatic rings. The van der Waals surface area contributed by atoms with Gasteiger partial charge in [0.05, 0.1) is 0 Å². The first-order valence-electron chi connectivity index (χ1n) is 6.36. The molecule has 2 heterocycles. The van der Waals surface area contributed by atoms with Crippen LogP contribution in [0.3, 0.4) is 0 Å². The van der Waals surface area contributed by atoms with Crippen LogP contribution in [0, 0.1) is 5.92 Å². The molecule has 0 saturated carbocycles. The van der Waals surface area contributed by atoms with Crippen LogP contribution in [0.15, 0.2) is 0 Å². The van der Waals surface area contributed by atoms with Crippen LogP contribution in [0.1, 0.15) is 39.0 Å². The van der Waals surface area contributed by atoms with Crippen molar-refractivity contribution in [2.24, 2.45) is 5.92 Å². The summed E-state index contributed by atoms with van der Waals surface area (Å²) < 4.78 is 28.0. The van der Waals surface area contributed by atoms with Crippen molar-refractivity contribution in [2.75, 3.05) is 26.2 Å². The lowest BCUT2D eigenvalue weighted by atomic mass is 10.0. The first-order valence-corrected chi connectivity index (χ1v) is 7.75. The topological polar surface area (TPSA) is 40.6 Å². The Morgan fingerprint density at radius 3 is 1.94 bits per heavy atom. The zero-order chi connectivity index (χ0) is 11.6. The molecule has 0 atom stereocenters. The number of nitrogens with zero attached hydrogens (tertiary/aromatic N) is 2. The molecule has 0 unspecified atom stereocenters. The Bertz CT molecular complexity index is 315. The van der Waals surface area contributed by atoms with E-state index in [2.05, 4.69) is 6.92 Å². The summed E-state index contributed by atoms with van der Waals surface area (Å²) in [4.78, 5) is 0. The van der Waals surface area contributed by atoms with Crippen molar-refractivity contribution in [3.8, 4) is 0 Å². The maximum atomic E-state index is 12.3. The van der Waals surface area contributed by atoms with Crippen molar-refractivity contribution in [3.05, 3.63) is 0 Å². The minimum Gasteiger partial charge on any atom is -0.195 e. The minimum atomic E-state index is -3.14. The lowest BCUT2D eigenvalue weighted by Gasteiger charge is -2.35. The summed E-state index contributed by atoms with van der Waals surface area (Å²) in [6.45, 7) is 5.05. The smallest absolute Gasteiger partial charge is 0.195 e. The SMILES string of the molecule is CC1CCN(S(=O)(=O)N2CCCCC2)CC1. The lowest BCUT2D eigenvalue weighted by Crippen LogP contribution is -2.48. The molecular formula is C11H22N2O2S. The van der Waals surface area contributed by atoms with Crippen LogP contribution in [0.5, 0.6) is 0 Å². The normalized spacial score (nSPS) is 27.1. The molecule has 0 aliphatic carbocycles. The van der Waals surface area contributed by atoms with Gasteiger partial charge >= 0.3 is 0 Å². The molecule has 0 aromatic heterocycles. The molecule has 0 N–H and O–H groups in total. The fourth-order valence-electron chi connectivity index (χ4n) is 2.47. The van der Waals surface area contributed by atoms with Gasteiger partial charge in [-0.15, -0.1) is 0 Å². The van der Waals surface area contributed by atoms with Gasteiger partial charge in [-0.1, -0.05) is 13.3 Å². The summed E-state index contributed by atoms with van der Waals surface area (Å²) in [5.41, 5.74) is 0. The second-order valence-corrected chi connectivity index (χ2v) is 6.98. The summed E-state index contributed by atoms with van der Waals surface area (Å²) in [7, 11) is -3.14. The summed E-state index contributed by atoms with van der Waals surface area (Å²) in [6.07, 6.45) is 5.22. The van der Waals surface area contributed by atoms with Crippen LogP contribution in [0.4, 0.5) is 0 Å². The molecule has 5 heteroatoms. The zero-order valence-electron chi connectivity index (χ0n) is 10.1. The number of piperidine rings is 2. The van der Waals surface area contributed by atoms with E-state index in [0.717, 1.165) is 25.7 Å². The minimum absolute atomic E-state index is 0.674. The summed E-state index contributed by atoms with van der Waals surface area (Å²) >= 11 is 0. The van der Waals surface area contributed by atoms with Gasteiger partial charge in [0.25, 0.3) is 10.2 Å². The van der Waals surface area contributed by atoms with E-state index in [1.807, 2.05) is 0 Å². The average molecular weight is 246 g/mol. The third-order valence-corrected chi connectivity index (χ3v) is 5.75. The Morgan fingerprint density at radius 2 is 1.38 bits per heavy atom. The highest BCUT2D eigenvalue weighted by Gasteiger charge is 2.32. The Balaban J connectivity index is 2.00. The van der Waals surface area contributed by atoms with E-state index in [9.17, 15) is 8.42 Å². The van der Waals surface area contributed by atoms with Crippen LogP contribution >= 0.6 is 0 Å². The van der Waals surface area contributed by atoms with Crippen molar-refractivity contribution >= 4 is 10.2 Å². The summed E-state index contributed by atoms with van der Waals surface area (Å²) in [5.74, 6) is 0.674. The number of rotatable bonds is 2. The van der Waals surface area contributed by atoms with Crippen LogP contribution in [0.25, 0.3) is 0 Å². The molecule has 2 fully saturated rings. The Hall–Kier alpha value is -0.130. The van der Waals surface area contributed by atoms with Gasteiger partial charge in [0.15, 0.2) is 0 Å². The first-order chi connectivity index (χ1) is 7.60. The molecule has 2 saturated heterocycles. The predicted octanol–water partition coefficient (Wildman–Crippen LogP) is 1.45. The molecule has 2 aliphatic heterocycles. The molecule has 0 spiro atoms. The van der Waals surface area contributed by atoms with Gasteiger partial charge in [0.2, 0.25) is 0 Å². The third-order valence-electron chi connectivity index (χ3n) is 3.71. The molecule has 4 nitrogen and oxygen atoms in total. The number of hydrogen-bond acceptors (Lipinski definition) is 2. The van der Waals surface area contributed by atoms with Gasteiger partial charge in [0.1, 0.15) is 0 Å². The molecule has 94 valence electrons. The van der Waals surface area contributed by atoms with Crippen molar-refractivity contribution in [2.45, 2.75) is 39.0 Å². The van der Waals surface area contributed by atoms with Gasteiger partial charge in [0, 0.05) is 26.2 Å². The molecule has 0 aromatic carbocycles. The van der Waals surface area contributed by atoms with E-state index in [0.29, 0.717) is 32.1 Å². The fraction of sp³-hybridized carbons (Fsp3) is 1.00. The van der Waals surface area contributed by atoms with E-state index in [4.69, 9.17) is 0 Å². The second kappa shape index (κ2) is 5.02. The Labute approximate surface area is 98.8 Å². The first kappa shape index (κ1) is 12.3. The van der Waals surface area contributed by atoms with Gasteiger partial charge in [-0.2, -0.15) is 17.0 Å². The van der Waals surface area contributed by atoms with Crippen molar-refractivity contribution in [3.63, 3.8) is 0 Å². The standard InChI is InChI=1S/C11H22N2O2S/c1-11-5-9-13(10-6-11)16(14,15)12-7-3-2-4-8-12/h11H,2-10H2,1H3. The predicted molar refractivity (Wildman–Crippen MR) is 64.3 cm³/mol. The van der Waals surface area contributed by atoms with Gasteiger partial charge in [-0.05, 0) is 31.6 Å². The second-order valence-electron chi connectivity index (χ2n) is 5.05. The van der Waals surface area contributed by atoms with Gasteiger partial charge < -0.3 is 0 Å².